The fourth-order valence-corrected chi connectivity index (χ4v) is 0. The zero-order valence-corrected chi connectivity index (χ0v) is 7.20. The quantitative estimate of drug-likeness (QED) is 0.589. The summed E-state index contributed by atoms with van der Waals surface area (Å²) in [5.41, 5.74) is 0. The first-order chi connectivity index (χ1) is 2.00. The number of hydrogen-bond donors (Lipinski definition) is 0. The van der Waals surface area contributed by atoms with Gasteiger partial charge in [-0.15, -0.1) is 0 Å². The second-order valence-electron chi connectivity index (χ2n) is 0.286. The summed E-state index contributed by atoms with van der Waals surface area (Å²) in [6.45, 7) is 0. The van der Waals surface area contributed by atoms with Crippen LogP contribution in [0.25, 0.3) is 0 Å². The van der Waals surface area contributed by atoms with Crippen LogP contribution in [0.5, 0.6) is 0 Å². The topological polar surface area (TPSA) is 0 Å². The van der Waals surface area contributed by atoms with Gasteiger partial charge in [0.25, 0.3) is 0 Å². The van der Waals surface area contributed by atoms with Crippen LogP contribution in [0, 0.1) is 0 Å². The molecule has 0 aromatic carbocycles. The van der Waals surface area contributed by atoms with Crippen molar-refractivity contribution in [3.8, 4) is 0 Å². The molecule has 0 aromatic heterocycles. The molecular formula is CoF2I2-2. The van der Waals surface area contributed by atoms with Gasteiger partial charge in [0.2, 0.25) is 0 Å². The number of halogens is 4. The molecule has 39 valence electrons. The van der Waals surface area contributed by atoms with E-state index in [1.165, 1.54) is 0 Å². The maximum atomic E-state index is 11.1. The first-order valence-corrected chi connectivity index (χ1v) is 8.01. The summed E-state index contributed by atoms with van der Waals surface area (Å²) in [6.07, 6.45) is 0. The molecule has 0 nitrogen and oxygen atoms in total. The van der Waals surface area contributed by atoms with Gasteiger partial charge in [-0.2, -0.15) is 0 Å². The van der Waals surface area contributed by atoms with Gasteiger partial charge in [-0.05, 0) is 0 Å². The molecule has 0 aliphatic heterocycles. The van der Waals surface area contributed by atoms with E-state index in [0.29, 0.717) is 0 Å². The van der Waals surface area contributed by atoms with Gasteiger partial charge in [0.05, 0.1) is 0 Å². The summed E-state index contributed by atoms with van der Waals surface area (Å²) in [5, 5.41) is 0. The van der Waals surface area contributed by atoms with E-state index < -0.39 is 7.08 Å². The molecule has 0 N–H and O–H groups in total. The van der Waals surface area contributed by atoms with Gasteiger partial charge >= 0.3 is 55.1 Å². The molecular weight excluding hydrogens is 351 g/mol. The van der Waals surface area contributed by atoms with Gasteiger partial charge in [0, 0.05) is 0 Å². The van der Waals surface area contributed by atoms with Gasteiger partial charge in [-0.3, -0.25) is 0 Å². The summed E-state index contributed by atoms with van der Waals surface area (Å²) in [7, 11) is -3.44. The van der Waals surface area contributed by atoms with Crippen LogP contribution in [0.3, 0.4) is 0 Å². The Balaban J connectivity index is 3.02. The number of rotatable bonds is 0. The van der Waals surface area contributed by atoms with Crippen LogP contribution in [0.15, 0.2) is 0 Å². The SMILES string of the molecule is [F][Co-2]([F])([I])[I]. The minimum absolute atomic E-state index is 1.14. The van der Waals surface area contributed by atoms with E-state index >= 15 is 0 Å². The Bertz CT molecular complexity index is 23.1. The van der Waals surface area contributed by atoms with Crippen molar-refractivity contribution in [3.05, 3.63) is 0 Å². The van der Waals surface area contributed by atoms with Gasteiger partial charge in [-0.25, -0.2) is 0 Å². The third-order valence-electron chi connectivity index (χ3n) is 0. The monoisotopic (exact) mass is 351 g/mol. The van der Waals surface area contributed by atoms with E-state index in [1.54, 1.807) is 0 Å². The Morgan fingerprint density at radius 1 is 1.20 bits per heavy atom. The maximum absolute atomic E-state index is 11.1. The second kappa shape index (κ2) is 2.22. The van der Waals surface area contributed by atoms with Crippen LogP contribution >= 0.6 is 40.8 Å². The molecule has 0 spiro atoms. The zero-order chi connectivity index (χ0) is 4.50. The average molecular weight is 351 g/mol. The second-order valence-corrected chi connectivity index (χ2v) is 14.3. The predicted molar refractivity (Wildman–Crippen MR) is 30.3 cm³/mol. The summed E-state index contributed by atoms with van der Waals surface area (Å²) in [6, 6.07) is 0. The molecule has 0 aliphatic carbocycles. The van der Waals surface area contributed by atoms with E-state index in [4.69, 9.17) is 0 Å². The van der Waals surface area contributed by atoms with Crippen molar-refractivity contribution in [3.63, 3.8) is 0 Å². The third-order valence-corrected chi connectivity index (χ3v) is 0. The third kappa shape index (κ3) is 25.6. The van der Waals surface area contributed by atoms with Crippen molar-refractivity contribution < 1.29 is 14.2 Å². The Kier molecular flexibility index (Phi) is 3.03. The fraction of sp³-hybridized carbons (Fsp3) is 0. The summed E-state index contributed by atoms with van der Waals surface area (Å²) < 4.78 is 22.2. The van der Waals surface area contributed by atoms with Crippen LogP contribution in [0.2, 0.25) is 0 Å². The molecule has 0 heterocycles. The van der Waals surface area contributed by atoms with Crippen molar-refractivity contribution in [2.45, 2.75) is 0 Å². The van der Waals surface area contributed by atoms with Crippen molar-refractivity contribution in [1.29, 1.82) is 0 Å². The first kappa shape index (κ1) is 6.83. The van der Waals surface area contributed by atoms with Crippen molar-refractivity contribution >= 4 is 40.8 Å². The van der Waals surface area contributed by atoms with E-state index in [0.717, 1.165) is 40.8 Å². The van der Waals surface area contributed by atoms with E-state index in [2.05, 4.69) is 0 Å². The molecule has 0 aromatic rings. The molecule has 5 heavy (non-hydrogen) atoms. The molecule has 0 saturated heterocycles. The standard InChI is InChI=1S/Co.2FH.2HI/h;4*1H/q+2;;;;/p-4. The minimum atomic E-state index is -3.44. The van der Waals surface area contributed by atoms with Crippen LogP contribution < -0.4 is 0 Å². The molecule has 0 amide bonds. The van der Waals surface area contributed by atoms with Crippen molar-refractivity contribution in [1.82, 2.24) is 0 Å². The van der Waals surface area contributed by atoms with E-state index in [1.807, 2.05) is 0 Å². The van der Waals surface area contributed by atoms with E-state index in [9.17, 15) is 7.16 Å². The predicted octanol–water partition coefficient (Wildman–Crippen LogP) is 2.61. The van der Waals surface area contributed by atoms with Crippen molar-refractivity contribution in [2.24, 2.45) is 0 Å². The molecule has 0 saturated carbocycles. The first-order valence-electron chi connectivity index (χ1n) is 0.504. The average Bonchev–Trinajstić information content (AvgIpc) is 0.722. The van der Waals surface area contributed by atoms with Crippen LogP contribution in [-0.2, 0) is 7.08 Å². The van der Waals surface area contributed by atoms with Crippen LogP contribution in [0.1, 0.15) is 0 Å². The Labute approximate surface area is 54.4 Å². The molecule has 0 fully saturated rings. The van der Waals surface area contributed by atoms with Crippen LogP contribution in [0.4, 0.5) is 7.16 Å². The Hall–Kier alpha value is 1.83. The summed E-state index contributed by atoms with van der Waals surface area (Å²) in [5.74, 6) is 0. The normalized spacial score (nSPS) is 15.2. The Morgan fingerprint density at radius 2 is 1.20 bits per heavy atom. The molecule has 0 unspecified atom stereocenters. The Morgan fingerprint density at radius 3 is 1.20 bits per heavy atom. The molecule has 0 aliphatic rings. The molecule has 5 heteroatoms. The van der Waals surface area contributed by atoms with E-state index in [-0.39, 0.29) is 0 Å². The summed E-state index contributed by atoms with van der Waals surface area (Å²) >= 11 is 2.28. The fourth-order valence-electron chi connectivity index (χ4n) is 0. The van der Waals surface area contributed by atoms with Crippen LogP contribution in [-0.4, -0.2) is 0 Å². The summed E-state index contributed by atoms with van der Waals surface area (Å²) in [4.78, 5) is 0. The van der Waals surface area contributed by atoms with Gasteiger partial charge in [-0.1, -0.05) is 0 Å². The van der Waals surface area contributed by atoms with Gasteiger partial charge in [0.15, 0.2) is 0 Å². The molecule has 0 bridgehead atoms. The molecule has 0 radical (unpaired) electrons. The molecule has 0 atom stereocenters. The molecule has 0 rings (SSSR count). The zero-order valence-electron chi connectivity index (χ0n) is 1.85. The van der Waals surface area contributed by atoms with Crippen molar-refractivity contribution in [2.75, 3.05) is 0 Å². The number of hydrogen-bond acceptors (Lipinski definition) is 0. The van der Waals surface area contributed by atoms with Gasteiger partial charge < -0.3 is 0 Å². The van der Waals surface area contributed by atoms with Gasteiger partial charge in [0.1, 0.15) is 0 Å².